The molecule has 2 aromatic rings. The second-order valence-electron chi connectivity index (χ2n) is 3.87. The summed E-state index contributed by atoms with van der Waals surface area (Å²) >= 11 is 3.16. The Hall–Kier alpha value is -1.71. The molecule has 9 heteroatoms. The zero-order valence-corrected chi connectivity index (χ0v) is 12.3. The number of carbonyl (C=O) groups excluding carboxylic acids is 1. The van der Waals surface area contributed by atoms with Crippen LogP contribution in [0.15, 0.2) is 39.8 Å². The average Bonchev–Trinajstić information content (AvgIpc) is 2.77. The van der Waals surface area contributed by atoms with Gasteiger partial charge in [-0.3, -0.25) is 4.79 Å². The van der Waals surface area contributed by atoms with Crippen LogP contribution in [0.3, 0.4) is 0 Å². The molecule has 0 radical (unpaired) electrons. The summed E-state index contributed by atoms with van der Waals surface area (Å²) in [6.45, 7) is 0. The quantitative estimate of drug-likeness (QED) is 0.776. The van der Waals surface area contributed by atoms with Crippen LogP contribution in [0.4, 0.5) is 10.1 Å². The van der Waals surface area contributed by atoms with E-state index in [2.05, 4.69) is 26.2 Å². The number of carbonyl (C=O) groups is 1. The van der Waals surface area contributed by atoms with Gasteiger partial charge in [0, 0.05) is 10.7 Å². The lowest BCUT2D eigenvalue weighted by molar-refractivity contribution is 0.102. The van der Waals surface area contributed by atoms with Crippen LogP contribution in [0.2, 0.25) is 0 Å². The molecule has 0 saturated carbocycles. The molecule has 4 N–H and O–H groups in total. The summed E-state index contributed by atoms with van der Waals surface area (Å²) in [7, 11) is -3.97. The predicted molar refractivity (Wildman–Crippen MR) is 74.2 cm³/mol. The first-order chi connectivity index (χ1) is 9.27. The summed E-state index contributed by atoms with van der Waals surface area (Å²) in [5.41, 5.74) is -0.0791. The highest BCUT2D eigenvalue weighted by atomic mass is 79.9. The predicted octanol–water partition coefficient (Wildman–Crippen LogP) is 1.82. The Morgan fingerprint density at radius 2 is 2.05 bits per heavy atom. The smallest absolute Gasteiger partial charge is 0.272 e. The van der Waals surface area contributed by atoms with Crippen LogP contribution in [0, 0.1) is 5.82 Å². The Kier molecular flexibility index (Phi) is 3.93. The number of aromatic amines is 1. The third-order valence-electron chi connectivity index (χ3n) is 2.41. The van der Waals surface area contributed by atoms with Crippen molar-refractivity contribution in [3.8, 4) is 0 Å². The largest absolute Gasteiger partial charge is 0.356 e. The molecule has 0 fully saturated rings. The number of nitrogens with one attached hydrogen (secondary N) is 2. The van der Waals surface area contributed by atoms with E-state index in [0.717, 1.165) is 18.2 Å². The van der Waals surface area contributed by atoms with Gasteiger partial charge >= 0.3 is 0 Å². The van der Waals surface area contributed by atoms with Gasteiger partial charge < -0.3 is 10.3 Å². The van der Waals surface area contributed by atoms with Crippen molar-refractivity contribution in [1.82, 2.24) is 4.98 Å². The van der Waals surface area contributed by atoms with Gasteiger partial charge in [0.1, 0.15) is 11.5 Å². The van der Waals surface area contributed by atoms with Crippen LogP contribution < -0.4 is 10.5 Å². The number of rotatable bonds is 3. The number of hydrogen-bond donors (Lipinski definition) is 3. The van der Waals surface area contributed by atoms with E-state index in [4.69, 9.17) is 5.14 Å². The molecule has 0 atom stereocenters. The standard InChI is InChI=1S/C11H9BrFN3O3S/c12-6-3-10(15-5-6)11(17)16-9-4-7(20(14,18)19)1-2-8(9)13/h1-5,15H,(H,16,17)(H2,14,18,19). The molecule has 1 heterocycles. The van der Waals surface area contributed by atoms with Gasteiger partial charge in [0.15, 0.2) is 0 Å². The lowest BCUT2D eigenvalue weighted by Gasteiger charge is -2.07. The Morgan fingerprint density at radius 1 is 1.35 bits per heavy atom. The number of halogens is 2. The summed E-state index contributed by atoms with van der Waals surface area (Å²) in [6.07, 6.45) is 1.53. The molecule has 0 aliphatic rings. The fourth-order valence-electron chi connectivity index (χ4n) is 1.47. The molecular formula is C11H9BrFN3O3S. The highest BCUT2D eigenvalue weighted by molar-refractivity contribution is 9.10. The molecule has 0 aliphatic heterocycles. The first-order valence-corrected chi connectivity index (χ1v) is 7.59. The van der Waals surface area contributed by atoms with Crippen molar-refractivity contribution < 1.29 is 17.6 Å². The van der Waals surface area contributed by atoms with Crippen LogP contribution in [-0.4, -0.2) is 19.3 Å². The number of sulfonamides is 1. The summed E-state index contributed by atoms with van der Waals surface area (Å²) < 4.78 is 36.6. The van der Waals surface area contributed by atoms with E-state index in [9.17, 15) is 17.6 Å². The van der Waals surface area contributed by atoms with Crippen molar-refractivity contribution in [2.75, 3.05) is 5.32 Å². The van der Waals surface area contributed by atoms with E-state index in [1.807, 2.05) is 0 Å². The van der Waals surface area contributed by atoms with Crippen LogP contribution in [-0.2, 0) is 10.0 Å². The molecule has 1 aromatic carbocycles. The molecule has 0 saturated heterocycles. The van der Waals surface area contributed by atoms with Gasteiger partial charge in [-0.05, 0) is 40.2 Å². The fraction of sp³-hybridized carbons (Fsp3) is 0. The minimum Gasteiger partial charge on any atom is -0.356 e. The second kappa shape index (κ2) is 5.35. The number of H-pyrrole nitrogens is 1. The van der Waals surface area contributed by atoms with E-state index < -0.39 is 21.7 Å². The van der Waals surface area contributed by atoms with Crippen molar-refractivity contribution in [2.24, 2.45) is 5.14 Å². The van der Waals surface area contributed by atoms with Gasteiger partial charge in [-0.15, -0.1) is 0 Å². The second-order valence-corrected chi connectivity index (χ2v) is 6.35. The van der Waals surface area contributed by atoms with Gasteiger partial charge in [0.25, 0.3) is 5.91 Å². The van der Waals surface area contributed by atoms with Crippen LogP contribution in [0.25, 0.3) is 0 Å². The molecule has 1 aromatic heterocycles. The molecular weight excluding hydrogens is 353 g/mol. The van der Waals surface area contributed by atoms with Gasteiger partial charge in [-0.1, -0.05) is 0 Å². The maximum Gasteiger partial charge on any atom is 0.272 e. The molecule has 0 spiro atoms. The zero-order chi connectivity index (χ0) is 14.9. The van der Waals surface area contributed by atoms with Gasteiger partial charge in [-0.2, -0.15) is 0 Å². The average molecular weight is 362 g/mol. The summed E-state index contributed by atoms with van der Waals surface area (Å²) in [5.74, 6) is -1.38. The van der Waals surface area contributed by atoms with E-state index in [-0.39, 0.29) is 16.3 Å². The SMILES string of the molecule is NS(=O)(=O)c1ccc(F)c(NC(=O)c2cc(Br)c[nH]2)c1. The molecule has 0 unspecified atom stereocenters. The first kappa shape index (κ1) is 14.7. The topological polar surface area (TPSA) is 105 Å². The molecule has 106 valence electrons. The van der Waals surface area contributed by atoms with Crippen molar-refractivity contribution in [3.63, 3.8) is 0 Å². The van der Waals surface area contributed by atoms with E-state index in [1.54, 1.807) is 0 Å². The Morgan fingerprint density at radius 3 is 2.60 bits per heavy atom. The minimum absolute atomic E-state index is 0.192. The third kappa shape index (κ3) is 3.24. The summed E-state index contributed by atoms with van der Waals surface area (Å²) in [5, 5.41) is 7.21. The van der Waals surface area contributed by atoms with E-state index in [1.165, 1.54) is 12.3 Å². The van der Waals surface area contributed by atoms with E-state index in [0.29, 0.717) is 4.47 Å². The van der Waals surface area contributed by atoms with Crippen molar-refractivity contribution in [3.05, 3.63) is 46.4 Å². The number of amides is 1. The first-order valence-electron chi connectivity index (χ1n) is 5.25. The highest BCUT2D eigenvalue weighted by Gasteiger charge is 2.15. The number of aromatic nitrogens is 1. The third-order valence-corrected chi connectivity index (χ3v) is 3.78. The molecule has 0 bridgehead atoms. The number of benzene rings is 1. The monoisotopic (exact) mass is 361 g/mol. The summed E-state index contributed by atoms with van der Waals surface area (Å²) in [6, 6.07) is 4.39. The molecule has 0 aliphatic carbocycles. The number of primary sulfonamides is 1. The van der Waals surface area contributed by atoms with E-state index >= 15 is 0 Å². The summed E-state index contributed by atoms with van der Waals surface area (Å²) in [4.78, 5) is 14.2. The van der Waals surface area contributed by atoms with Crippen molar-refractivity contribution in [1.29, 1.82) is 0 Å². The molecule has 6 nitrogen and oxygen atoms in total. The zero-order valence-electron chi connectivity index (χ0n) is 9.85. The Labute approximate surface area is 122 Å². The van der Waals surface area contributed by atoms with Crippen LogP contribution >= 0.6 is 15.9 Å². The molecule has 1 amide bonds. The molecule has 2 rings (SSSR count). The van der Waals surface area contributed by atoms with Gasteiger partial charge in [0.05, 0.1) is 10.6 Å². The van der Waals surface area contributed by atoms with Crippen molar-refractivity contribution in [2.45, 2.75) is 4.90 Å². The van der Waals surface area contributed by atoms with Crippen molar-refractivity contribution >= 4 is 37.5 Å². The Balaban J connectivity index is 2.31. The highest BCUT2D eigenvalue weighted by Crippen LogP contribution is 2.20. The number of nitrogens with two attached hydrogens (primary N) is 1. The Bertz CT molecular complexity index is 773. The lowest BCUT2D eigenvalue weighted by atomic mass is 10.3. The maximum atomic E-state index is 13.6. The number of hydrogen-bond acceptors (Lipinski definition) is 3. The fourth-order valence-corrected chi connectivity index (χ4v) is 2.35. The van der Waals surface area contributed by atoms with Crippen LogP contribution in [0.5, 0.6) is 0 Å². The lowest BCUT2D eigenvalue weighted by Crippen LogP contribution is -2.16. The maximum absolute atomic E-state index is 13.6. The van der Waals surface area contributed by atoms with Gasteiger partial charge in [-0.25, -0.2) is 17.9 Å². The minimum atomic E-state index is -3.97. The normalized spacial score (nSPS) is 11.3. The van der Waals surface area contributed by atoms with Gasteiger partial charge in [0.2, 0.25) is 10.0 Å². The van der Waals surface area contributed by atoms with Crippen LogP contribution in [0.1, 0.15) is 10.5 Å². The number of anilines is 1. The molecule has 20 heavy (non-hydrogen) atoms.